The van der Waals surface area contributed by atoms with Crippen molar-refractivity contribution in [3.63, 3.8) is 0 Å². The molecule has 0 aliphatic heterocycles. The number of benzene rings is 2. The molecule has 1 N–H and O–H groups in total. The highest BCUT2D eigenvalue weighted by Crippen LogP contribution is 2.23. The molecule has 84 valence electrons. The summed E-state index contributed by atoms with van der Waals surface area (Å²) < 4.78 is 31.3. The van der Waals surface area contributed by atoms with E-state index in [9.17, 15) is 8.42 Å². The summed E-state index contributed by atoms with van der Waals surface area (Å²) in [6.07, 6.45) is 0. The molecule has 0 saturated carbocycles. The first-order chi connectivity index (χ1) is 7.38. The maximum Gasteiger partial charge on any atom is 0.294 e. The van der Waals surface area contributed by atoms with Crippen LogP contribution in [0.25, 0.3) is 10.8 Å². The van der Waals surface area contributed by atoms with E-state index < -0.39 is 10.1 Å². The van der Waals surface area contributed by atoms with Gasteiger partial charge < -0.3 is 0 Å². The van der Waals surface area contributed by atoms with Gasteiger partial charge in [-0.3, -0.25) is 4.55 Å². The monoisotopic (exact) mass is 236 g/mol. The van der Waals surface area contributed by atoms with Gasteiger partial charge in [0.2, 0.25) is 0 Å². The summed E-state index contributed by atoms with van der Waals surface area (Å²) in [5, 5.41) is 1.79. The normalized spacial score (nSPS) is 11.9. The van der Waals surface area contributed by atoms with E-state index in [1.165, 1.54) is 6.07 Å². The number of aryl methyl sites for hydroxylation is 2. The fraction of sp³-hybridized carbons (Fsp3) is 0.167. The van der Waals surface area contributed by atoms with Gasteiger partial charge in [0.05, 0.1) is 4.90 Å². The van der Waals surface area contributed by atoms with Gasteiger partial charge in [0.1, 0.15) is 0 Å². The molecule has 0 saturated heterocycles. The topological polar surface area (TPSA) is 54.4 Å². The van der Waals surface area contributed by atoms with Gasteiger partial charge in [0.25, 0.3) is 10.1 Å². The lowest BCUT2D eigenvalue weighted by molar-refractivity contribution is 0.482. The summed E-state index contributed by atoms with van der Waals surface area (Å²) in [6.45, 7) is 3.61. The molecular weight excluding hydrogens is 224 g/mol. The van der Waals surface area contributed by atoms with Crippen LogP contribution in [0.2, 0.25) is 0 Å². The second-order valence-electron chi connectivity index (χ2n) is 3.94. The summed E-state index contributed by atoms with van der Waals surface area (Å²) in [6, 6.07) is 9.06. The summed E-state index contributed by atoms with van der Waals surface area (Å²) in [4.78, 5) is -0.0226. The summed E-state index contributed by atoms with van der Waals surface area (Å²) >= 11 is 0. The number of hydrogen-bond donors (Lipinski definition) is 1. The molecular formula is C12H12O3S. The van der Waals surface area contributed by atoms with E-state index in [0.717, 1.165) is 16.3 Å². The molecule has 16 heavy (non-hydrogen) atoms. The Bertz CT molecular complexity index is 657. The molecule has 0 spiro atoms. The van der Waals surface area contributed by atoms with Gasteiger partial charge >= 0.3 is 0 Å². The van der Waals surface area contributed by atoms with E-state index in [0.29, 0.717) is 5.56 Å². The van der Waals surface area contributed by atoms with Crippen LogP contribution in [0.1, 0.15) is 11.1 Å². The first kappa shape index (κ1) is 11.1. The molecule has 2 aromatic rings. The lowest BCUT2D eigenvalue weighted by Crippen LogP contribution is -2.00. The minimum atomic E-state index is -4.14. The van der Waals surface area contributed by atoms with E-state index in [1.807, 2.05) is 25.1 Å². The van der Waals surface area contributed by atoms with Crippen molar-refractivity contribution in [1.82, 2.24) is 0 Å². The van der Waals surface area contributed by atoms with Crippen LogP contribution in [0.4, 0.5) is 0 Å². The van der Waals surface area contributed by atoms with Crippen LogP contribution in [-0.2, 0) is 10.1 Å². The van der Waals surface area contributed by atoms with Crippen LogP contribution < -0.4 is 0 Å². The van der Waals surface area contributed by atoms with Gasteiger partial charge in [0, 0.05) is 0 Å². The molecule has 0 amide bonds. The summed E-state index contributed by atoms with van der Waals surface area (Å²) in [5.74, 6) is 0. The predicted octanol–water partition coefficient (Wildman–Crippen LogP) is 2.70. The number of hydrogen-bond acceptors (Lipinski definition) is 2. The SMILES string of the molecule is Cc1ccc2cc(C)c(S(=O)(=O)O)cc2c1. The Morgan fingerprint density at radius 3 is 2.31 bits per heavy atom. The average Bonchev–Trinajstić information content (AvgIpc) is 2.16. The Labute approximate surface area is 94.5 Å². The standard InChI is InChI=1S/C12H12O3S/c1-8-3-4-10-6-9(2)12(16(13,14)15)7-11(10)5-8/h3-7H,1-2H3,(H,13,14,15). The molecule has 2 aromatic carbocycles. The largest absolute Gasteiger partial charge is 0.294 e. The van der Waals surface area contributed by atoms with E-state index in [4.69, 9.17) is 4.55 Å². The Kier molecular flexibility index (Phi) is 2.48. The molecule has 0 aliphatic carbocycles. The number of rotatable bonds is 1. The van der Waals surface area contributed by atoms with Crippen LogP contribution in [0, 0.1) is 13.8 Å². The highest BCUT2D eigenvalue weighted by atomic mass is 32.2. The van der Waals surface area contributed by atoms with Crippen LogP contribution in [0.15, 0.2) is 35.2 Å². The molecule has 0 bridgehead atoms. The molecule has 0 aliphatic rings. The van der Waals surface area contributed by atoms with E-state index >= 15 is 0 Å². The third-order valence-corrected chi connectivity index (χ3v) is 3.56. The van der Waals surface area contributed by atoms with Gasteiger partial charge in [-0.05, 0) is 36.2 Å². The maximum atomic E-state index is 11.1. The third-order valence-electron chi connectivity index (χ3n) is 2.57. The fourth-order valence-corrected chi connectivity index (χ4v) is 2.53. The first-order valence-corrected chi connectivity index (χ1v) is 6.30. The summed E-state index contributed by atoms with van der Waals surface area (Å²) in [5.41, 5.74) is 1.61. The maximum absolute atomic E-state index is 11.1. The first-order valence-electron chi connectivity index (χ1n) is 4.86. The Hall–Kier alpha value is -1.39. The second kappa shape index (κ2) is 3.57. The Balaban J connectivity index is 2.84. The van der Waals surface area contributed by atoms with Crippen molar-refractivity contribution < 1.29 is 13.0 Å². The van der Waals surface area contributed by atoms with E-state index in [1.54, 1.807) is 13.0 Å². The zero-order chi connectivity index (χ0) is 11.9. The molecule has 0 fully saturated rings. The lowest BCUT2D eigenvalue weighted by atomic mass is 10.1. The third kappa shape index (κ3) is 1.94. The smallest absolute Gasteiger partial charge is 0.282 e. The van der Waals surface area contributed by atoms with Crippen LogP contribution >= 0.6 is 0 Å². The van der Waals surface area contributed by atoms with Crippen molar-refractivity contribution >= 4 is 20.9 Å². The lowest BCUT2D eigenvalue weighted by Gasteiger charge is -2.06. The van der Waals surface area contributed by atoms with Crippen LogP contribution in [0.3, 0.4) is 0 Å². The van der Waals surface area contributed by atoms with Gasteiger partial charge in [-0.15, -0.1) is 0 Å². The molecule has 0 heterocycles. The van der Waals surface area contributed by atoms with Crippen molar-refractivity contribution in [3.05, 3.63) is 41.5 Å². The van der Waals surface area contributed by atoms with Crippen molar-refractivity contribution in [1.29, 1.82) is 0 Å². The number of fused-ring (bicyclic) bond motifs is 1. The van der Waals surface area contributed by atoms with Crippen LogP contribution in [-0.4, -0.2) is 13.0 Å². The molecule has 0 aromatic heterocycles. The zero-order valence-corrected chi connectivity index (χ0v) is 9.88. The molecule has 0 radical (unpaired) electrons. The van der Waals surface area contributed by atoms with E-state index in [2.05, 4.69) is 0 Å². The van der Waals surface area contributed by atoms with Gasteiger partial charge in [-0.25, -0.2) is 0 Å². The quantitative estimate of drug-likeness (QED) is 0.774. The van der Waals surface area contributed by atoms with Crippen molar-refractivity contribution in [2.45, 2.75) is 18.7 Å². The Morgan fingerprint density at radius 1 is 1.00 bits per heavy atom. The molecule has 0 atom stereocenters. The molecule has 0 unspecified atom stereocenters. The van der Waals surface area contributed by atoms with Gasteiger partial charge in [-0.1, -0.05) is 29.8 Å². The van der Waals surface area contributed by atoms with Crippen molar-refractivity contribution in [3.8, 4) is 0 Å². The second-order valence-corrected chi connectivity index (χ2v) is 5.33. The fourth-order valence-electron chi connectivity index (χ4n) is 1.79. The predicted molar refractivity (Wildman–Crippen MR) is 63.2 cm³/mol. The highest BCUT2D eigenvalue weighted by molar-refractivity contribution is 7.85. The van der Waals surface area contributed by atoms with Gasteiger partial charge in [-0.2, -0.15) is 8.42 Å². The van der Waals surface area contributed by atoms with Crippen molar-refractivity contribution in [2.24, 2.45) is 0 Å². The van der Waals surface area contributed by atoms with Crippen molar-refractivity contribution in [2.75, 3.05) is 0 Å². The van der Waals surface area contributed by atoms with Crippen LogP contribution in [0.5, 0.6) is 0 Å². The summed E-state index contributed by atoms with van der Waals surface area (Å²) in [7, 11) is -4.14. The highest BCUT2D eigenvalue weighted by Gasteiger charge is 2.13. The Morgan fingerprint density at radius 2 is 1.69 bits per heavy atom. The van der Waals surface area contributed by atoms with Gasteiger partial charge in [0.15, 0.2) is 0 Å². The molecule has 3 nitrogen and oxygen atoms in total. The minimum Gasteiger partial charge on any atom is -0.282 e. The van der Waals surface area contributed by atoms with E-state index in [-0.39, 0.29) is 4.90 Å². The minimum absolute atomic E-state index is 0.0226. The zero-order valence-electron chi connectivity index (χ0n) is 9.06. The molecule has 2 rings (SSSR count). The molecule has 4 heteroatoms. The average molecular weight is 236 g/mol.